The third-order valence-corrected chi connectivity index (χ3v) is 3.94. The third kappa shape index (κ3) is 4.47. The number of nitrogens with two attached hydrogens (primary N) is 1. The monoisotopic (exact) mass is 333 g/mol. The van der Waals surface area contributed by atoms with Crippen LogP contribution in [0.3, 0.4) is 0 Å². The summed E-state index contributed by atoms with van der Waals surface area (Å²) < 4.78 is 1.83. The summed E-state index contributed by atoms with van der Waals surface area (Å²) in [6.07, 6.45) is 3.68. The Balaban J connectivity index is 1.67. The molecule has 1 heterocycles. The van der Waals surface area contributed by atoms with Crippen LogP contribution >= 0.6 is 0 Å². The molecule has 3 rings (SSSR count). The first-order valence-electron chi connectivity index (χ1n) is 8.37. The maximum atomic E-state index is 6.03. The Hall–Kier alpha value is -3.08. The molecular weight excluding hydrogens is 310 g/mol. The van der Waals surface area contributed by atoms with Crippen LogP contribution in [0, 0.1) is 0 Å². The molecule has 0 radical (unpaired) electrons. The van der Waals surface area contributed by atoms with E-state index in [2.05, 4.69) is 47.5 Å². The highest BCUT2D eigenvalue weighted by Gasteiger charge is 2.02. The van der Waals surface area contributed by atoms with Gasteiger partial charge in [-0.3, -0.25) is 0 Å². The molecule has 0 spiro atoms. The van der Waals surface area contributed by atoms with Crippen molar-refractivity contribution in [2.75, 3.05) is 5.32 Å². The van der Waals surface area contributed by atoms with E-state index in [1.807, 2.05) is 47.3 Å². The second-order valence-corrected chi connectivity index (χ2v) is 6.23. The van der Waals surface area contributed by atoms with Crippen LogP contribution in [0.1, 0.15) is 30.9 Å². The predicted molar refractivity (Wildman–Crippen MR) is 103 cm³/mol. The molecule has 25 heavy (non-hydrogen) atoms. The summed E-state index contributed by atoms with van der Waals surface area (Å²) in [5.74, 6) is 0.885. The highest BCUT2D eigenvalue weighted by atomic mass is 15.3. The Morgan fingerprint density at radius 2 is 2.00 bits per heavy atom. The number of aliphatic imine (C=N–C) groups is 1. The molecular formula is C20H23N5. The third-order valence-electron chi connectivity index (χ3n) is 3.94. The van der Waals surface area contributed by atoms with Gasteiger partial charge in [0.1, 0.15) is 0 Å². The molecule has 0 saturated heterocycles. The van der Waals surface area contributed by atoms with Crippen molar-refractivity contribution in [1.29, 1.82) is 0 Å². The smallest absolute Gasteiger partial charge is 0.193 e. The van der Waals surface area contributed by atoms with E-state index in [1.165, 1.54) is 5.56 Å². The highest BCUT2D eigenvalue weighted by molar-refractivity contribution is 5.92. The fraction of sp³-hybridized carbons (Fsp3) is 0.200. The molecule has 0 amide bonds. The van der Waals surface area contributed by atoms with Crippen molar-refractivity contribution >= 4 is 11.6 Å². The SMILES string of the molecule is CC(C)c1cccc(NC(N)=NCc2cccc(-n3cccn3)c2)c1. The van der Waals surface area contributed by atoms with Crippen molar-refractivity contribution in [3.05, 3.63) is 78.1 Å². The van der Waals surface area contributed by atoms with E-state index in [4.69, 9.17) is 5.73 Å². The van der Waals surface area contributed by atoms with Crippen LogP contribution in [-0.2, 0) is 6.54 Å². The van der Waals surface area contributed by atoms with Gasteiger partial charge in [0, 0.05) is 18.1 Å². The van der Waals surface area contributed by atoms with Gasteiger partial charge in [0.25, 0.3) is 0 Å². The molecule has 128 valence electrons. The van der Waals surface area contributed by atoms with Crippen molar-refractivity contribution < 1.29 is 0 Å². The molecule has 0 aliphatic rings. The van der Waals surface area contributed by atoms with Crippen molar-refractivity contribution in [2.24, 2.45) is 10.7 Å². The van der Waals surface area contributed by atoms with Crippen LogP contribution in [-0.4, -0.2) is 15.7 Å². The molecule has 0 atom stereocenters. The molecule has 2 aromatic carbocycles. The van der Waals surface area contributed by atoms with Crippen molar-refractivity contribution in [2.45, 2.75) is 26.3 Å². The molecule has 0 aliphatic heterocycles. The molecule has 0 fully saturated rings. The summed E-state index contributed by atoms with van der Waals surface area (Å²) in [6.45, 7) is 4.85. The first-order chi connectivity index (χ1) is 12.1. The molecule has 0 bridgehead atoms. The Morgan fingerprint density at radius 1 is 1.16 bits per heavy atom. The maximum Gasteiger partial charge on any atom is 0.193 e. The maximum absolute atomic E-state index is 6.03. The summed E-state index contributed by atoms with van der Waals surface area (Å²) in [5, 5.41) is 7.40. The minimum Gasteiger partial charge on any atom is -0.370 e. The lowest BCUT2D eigenvalue weighted by molar-refractivity contribution is 0.867. The van der Waals surface area contributed by atoms with Gasteiger partial charge in [-0.2, -0.15) is 5.10 Å². The molecule has 3 N–H and O–H groups in total. The Bertz CT molecular complexity index is 850. The molecule has 5 heteroatoms. The summed E-state index contributed by atoms with van der Waals surface area (Å²) in [4.78, 5) is 4.44. The summed E-state index contributed by atoms with van der Waals surface area (Å²) in [6, 6.07) is 18.2. The van der Waals surface area contributed by atoms with E-state index in [0.29, 0.717) is 18.4 Å². The average Bonchev–Trinajstić information content (AvgIpc) is 3.15. The Labute approximate surface area is 148 Å². The van der Waals surface area contributed by atoms with Gasteiger partial charge >= 0.3 is 0 Å². The van der Waals surface area contributed by atoms with Gasteiger partial charge in [-0.1, -0.05) is 38.1 Å². The molecule has 3 aromatic rings. The summed E-state index contributed by atoms with van der Waals surface area (Å²) >= 11 is 0. The normalized spacial score (nSPS) is 11.7. The van der Waals surface area contributed by atoms with Crippen LogP contribution in [0.15, 0.2) is 72.0 Å². The van der Waals surface area contributed by atoms with Gasteiger partial charge in [-0.25, -0.2) is 9.67 Å². The summed E-state index contributed by atoms with van der Waals surface area (Å²) in [7, 11) is 0. The van der Waals surface area contributed by atoms with Crippen LogP contribution in [0.4, 0.5) is 5.69 Å². The van der Waals surface area contributed by atoms with Crippen LogP contribution in [0.25, 0.3) is 5.69 Å². The fourth-order valence-corrected chi connectivity index (χ4v) is 2.56. The van der Waals surface area contributed by atoms with Gasteiger partial charge in [-0.05, 0) is 47.4 Å². The number of nitrogens with one attached hydrogen (secondary N) is 1. The van der Waals surface area contributed by atoms with Crippen LogP contribution in [0.5, 0.6) is 0 Å². The molecule has 1 aromatic heterocycles. The highest BCUT2D eigenvalue weighted by Crippen LogP contribution is 2.18. The number of nitrogens with zero attached hydrogens (tertiary/aromatic N) is 3. The Kier molecular flexibility index (Phi) is 5.14. The van der Waals surface area contributed by atoms with Gasteiger partial charge < -0.3 is 11.1 Å². The lowest BCUT2D eigenvalue weighted by Crippen LogP contribution is -2.22. The number of rotatable bonds is 5. The first kappa shape index (κ1) is 16.8. The first-order valence-corrected chi connectivity index (χ1v) is 8.37. The lowest BCUT2D eigenvalue weighted by Gasteiger charge is -2.10. The van der Waals surface area contributed by atoms with Gasteiger partial charge in [0.05, 0.1) is 12.2 Å². The number of guanidine groups is 1. The van der Waals surface area contributed by atoms with Gasteiger partial charge in [-0.15, -0.1) is 0 Å². The van der Waals surface area contributed by atoms with Gasteiger partial charge in [0.15, 0.2) is 5.96 Å². The topological polar surface area (TPSA) is 68.2 Å². The van der Waals surface area contributed by atoms with E-state index in [-0.39, 0.29) is 0 Å². The zero-order valence-corrected chi connectivity index (χ0v) is 14.6. The zero-order chi connectivity index (χ0) is 17.6. The van der Waals surface area contributed by atoms with Crippen molar-refractivity contribution in [3.8, 4) is 5.69 Å². The second-order valence-electron chi connectivity index (χ2n) is 6.23. The van der Waals surface area contributed by atoms with Gasteiger partial charge in [0.2, 0.25) is 0 Å². The predicted octanol–water partition coefficient (Wildman–Crippen LogP) is 3.92. The van der Waals surface area contributed by atoms with Crippen LogP contribution < -0.4 is 11.1 Å². The fourth-order valence-electron chi connectivity index (χ4n) is 2.56. The average molecular weight is 333 g/mol. The molecule has 0 saturated carbocycles. The van der Waals surface area contributed by atoms with Crippen LogP contribution in [0.2, 0.25) is 0 Å². The number of hydrogen-bond acceptors (Lipinski definition) is 2. The van der Waals surface area contributed by atoms with E-state index in [1.54, 1.807) is 6.20 Å². The minimum atomic E-state index is 0.408. The number of aromatic nitrogens is 2. The summed E-state index contributed by atoms with van der Waals surface area (Å²) in [5.41, 5.74) is 10.3. The number of benzene rings is 2. The van der Waals surface area contributed by atoms with E-state index >= 15 is 0 Å². The standard InChI is InChI=1S/C20H23N5/c1-15(2)17-7-4-8-18(13-17)24-20(21)22-14-16-6-3-9-19(12-16)25-11-5-10-23-25/h3-13,15H,14H2,1-2H3,(H3,21,22,24). The number of hydrogen-bond donors (Lipinski definition) is 2. The molecule has 5 nitrogen and oxygen atoms in total. The zero-order valence-electron chi connectivity index (χ0n) is 14.6. The lowest BCUT2D eigenvalue weighted by atomic mass is 10.0. The largest absolute Gasteiger partial charge is 0.370 e. The van der Waals surface area contributed by atoms with Crippen molar-refractivity contribution in [3.63, 3.8) is 0 Å². The molecule has 0 aliphatic carbocycles. The second kappa shape index (κ2) is 7.66. The van der Waals surface area contributed by atoms with E-state index in [0.717, 1.165) is 16.9 Å². The molecule has 0 unspecified atom stereocenters. The number of anilines is 1. The van der Waals surface area contributed by atoms with Crippen molar-refractivity contribution in [1.82, 2.24) is 9.78 Å². The quantitative estimate of drug-likeness (QED) is 0.549. The Morgan fingerprint density at radius 3 is 2.76 bits per heavy atom. The minimum absolute atomic E-state index is 0.408. The van der Waals surface area contributed by atoms with E-state index in [9.17, 15) is 0 Å². The van der Waals surface area contributed by atoms with E-state index < -0.39 is 0 Å².